The van der Waals surface area contributed by atoms with Crippen molar-refractivity contribution in [2.24, 2.45) is 11.8 Å². The number of hydrogen-bond acceptors (Lipinski definition) is 7. The van der Waals surface area contributed by atoms with Crippen molar-refractivity contribution < 1.29 is 33.3 Å². The van der Waals surface area contributed by atoms with Crippen LogP contribution in [0.3, 0.4) is 0 Å². The molecule has 0 spiro atoms. The monoisotopic (exact) mass is 456 g/mol. The molecule has 1 aromatic rings. The molecule has 7 heteroatoms. The van der Waals surface area contributed by atoms with E-state index in [4.69, 9.17) is 23.7 Å². The molecule has 0 aromatic heterocycles. The second kappa shape index (κ2) is 9.59. The lowest BCUT2D eigenvalue weighted by Crippen LogP contribution is -2.30. The summed E-state index contributed by atoms with van der Waals surface area (Å²) in [5.41, 5.74) is 1.54. The van der Waals surface area contributed by atoms with Gasteiger partial charge in [0.05, 0.1) is 25.7 Å². The first kappa shape index (κ1) is 23.4. The highest BCUT2D eigenvalue weighted by Crippen LogP contribution is 2.50. The fraction of sp³-hybridized carbons (Fsp3) is 0.538. The van der Waals surface area contributed by atoms with E-state index in [-0.39, 0.29) is 42.2 Å². The first-order valence-electron chi connectivity index (χ1n) is 11.5. The zero-order chi connectivity index (χ0) is 23.6. The highest BCUT2D eigenvalue weighted by Gasteiger charge is 2.62. The Balaban J connectivity index is 1.38. The van der Waals surface area contributed by atoms with Crippen LogP contribution < -0.4 is 9.47 Å². The molecule has 4 rings (SSSR count). The quantitative estimate of drug-likeness (QED) is 0.276. The van der Waals surface area contributed by atoms with Gasteiger partial charge in [-0.3, -0.25) is 4.79 Å². The van der Waals surface area contributed by atoms with E-state index in [1.807, 2.05) is 6.92 Å². The molecule has 2 heterocycles. The van der Waals surface area contributed by atoms with Gasteiger partial charge < -0.3 is 23.7 Å². The number of fused-ring (bicyclic) bond motifs is 3. The average molecular weight is 457 g/mol. The highest BCUT2D eigenvalue weighted by atomic mass is 16.6. The van der Waals surface area contributed by atoms with Crippen LogP contribution in [0, 0.1) is 11.8 Å². The Morgan fingerprint density at radius 2 is 2.09 bits per heavy atom. The lowest BCUT2D eigenvalue weighted by molar-refractivity contribution is -0.144. The molecule has 0 saturated carbocycles. The minimum Gasteiger partial charge on any atom is -0.497 e. The summed E-state index contributed by atoms with van der Waals surface area (Å²) < 4.78 is 27.7. The molecule has 2 saturated heterocycles. The van der Waals surface area contributed by atoms with Crippen LogP contribution >= 0.6 is 0 Å². The number of allylic oxidation sites excluding steroid dienone is 1. The maximum atomic E-state index is 12.4. The third-order valence-corrected chi connectivity index (χ3v) is 7.04. The molecule has 7 nitrogen and oxygen atoms in total. The molecule has 0 unspecified atom stereocenters. The van der Waals surface area contributed by atoms with Crippen molar-refractivity contribution in [3.8, 4) is 11.5 Å². The molecular weight excluding hydrogens is 424 g/mol. The van der Waals surface area contributed by atoms with Gasteiger partial charge in [-0.05, 0) is 62.5 Å². The van der Waals surface area contributed by atoms with Gasteiger partial charge in [0, 0.05) is 17.6 Å². The SMILES string of the molecule is COc1ccc(OC)c(/C=C/C(=O)OC/C2=C/CC[C@@]3(C)O[C@H]3[C@H]3OC(=O)[C@@H](C)[C@@H]3CC2)c1. The summed E-state index contributed by atoms with van der Waals surface area (Å²) >= 11 is 0. The summed E-state index contributed by atoms with van der Waals surface area (Å²) in [5.74, 6) is 0.710. The van der Waals surface area contributed by atoms with Crippen molar-refractivity contribution in [2.45, 2.75) is 57.3 Å². The van der Waals surface area contributed by atoms with Crippen LogP contribution in [0.25, 0.3) is 6.08 Å². The van der Waals surface area contributed by atoms with Crippen LogP contribution in [0.1, 0.15) is 45.1 Å². The van der Waals surface area contributed by atoms with Crippen LogP contribution in [0.2, 0.25) is 0 Å². The average Bonchev–Trinajstić information content (AvgIpc) is 3.40. The second-order valence-corrected chi connectivity index (χ2v) is 9.19. The summed E-state index contributed by atoms with van der Waals surface area (Å²) in [5, 5.41) is 0. The van der Waals surface area contributed by atoms with Crippen molar-refractivity contribution in [2.75, 3.05) is 20.8 Å². The third-order valence-electron chi connectivity index (χ3n) is 7.04. The van der Waals surface area contributed by atoms with Gasteiger partial charge in [0.2, 0.25) is 0 Å². The summed E-state index contributed by atoms with van der Waals surface area (Å²) in [6, 6.07) is 5.38. The van der Waals surface area contributed by atoms with E-state index in [0.717, 1.165) is 36.8 Å². The van der Waals surface area contributed by atoms with Gasteiger partial charge in [-0.1, -0.05) is 13.0 Å². The second-order valence-electron chi connectivity index (χ2n) is 9.19. The number of esters is 2. The Morgan fingerprint density at radius 3 is 2.85 bits per heavy atom. The number of carbonyl (C=O) groups excluding carboxylic acids is 2. The number of ether oxygens (including phenoxy) is 5. The maximum absolute atomic E-state index is 12.4. The minimum atomic E-state index is -0.430. The van der Waals surface area contributed by atoms with Crippen molar-refractivity contribution in [1.29, 1.82) is 0 Å². The van der Waals surface area contributed by atoms with E-state index in [1.54, 1.807) is 38.5 Å². The van der Waals surface area contributed by atoms with Gasteiger partial charge >= 0.3 is 11.9 Å². The predicted octanol–water partition coefficient (Wildman–Crippen LogP) is 4.10. The van der Waals surface area contributed by atoms with Crippen molar-refractivity contribution in [1.82, 2.24) is 0 Å². The minimum absolute atomic E-state index is 0.0112. The summed E-state index contributed by atoms with van der Waals surface area (Å²) in [6.07, 6.45) is 8.24. The van der Waals surface area contributed by atoms with Crippen LogP contribution in [0.4, 0.5) is 0 Å². The molecular formula is C26H32O7. The van der Waals surface area contributed by atoms with Gasteiger partial charge in [-0.25, -0.2) is 4.79 Å². The molecule has 0 amide bonds. The van der Waals surface area contributed by atoms with Crippen LogP contribution in [-0.4, -0.2) is 50.6 Å². The van der Waals surface area contributed by atoms with E-state index >= 15 is 0 Å². The summed E-state index contributed by atoms with van der Waals surface area (Å²) in [6.45, 7) is 4.23. The highest BCUT2D eigenvalue weighted by molar-refractivity contribution is 5.87. The van der Waals surface area contributed by atoms with Crippen molar-refractivity contribution in [3.05, 3.63) is 41.5 Å². The van der Waals surface area contributed by atoms with E-state index in [1.165, 1.54) is 6.08 Å². The first-order valence-corrected chi connectivity index (χ1v) is 11.5. The Morgan fingerprint density at radius 1 is 1.27 bits per heavy atom. The summed E-state index contributed by atoms with van der Waals surface area (Å²) in [7, 11) is 3.16. The third kappa shape index (κ3) is 5.08. The molecule has 3 aliphatic rings. The maximum Gasteiger partial charge on any atom is 0.331 e. The van der Waals surface area contributed by atoms with Gasteiger partial charge in [0.25, 0.3) is 0 Å². The number of carbonyl (C=O) groups is 2. The predicted molar refractivity (Wildman–Crippen MR) is 122 cm³/mol. The zero-order valence-corrected chi connectivity index (χ0v) is 19.7. The van der Waals surface area contributed by atoms with Crippen LogP contribution in [0.5, 0.6) is 11.5 Å². The van der Waals surface area contributed by atoms with Gasteiger partial charge in [0.15, 0.2) is 0 Å². The number of epoxide rings is 1. The lowest BCUT2D eigenvalue weighted by Gasteiger charge is -2.21. The zero-order valence-electron chi connectivity index (χ0n) is 19.7. The van der Waals surface area contributed by atoms with Gasteiger partial charge in [0.1, 0.15) is 30.3 Å². The largest absolute Gasteiger partial charge is 0.497 e. The van der Waals surface area contributed by atoms with Crippen LogP contribution in [0.15, 0.2) is 35.9 Å². The van der Waals surface area contributed by atoms with Gasteiger partial charge in [-0.2, -0.15) is 0 Å². The van der Waals surface area contributed by atoms with E-state index in [2.05, 4.69) is 13.0 Å². The molecule has 0 radical (unpaired) electrons. The number of benzene rings is 1. The van der Waals surface area contributed by atoms with Crippen molar-refractivity contribution >= 4 is 18.0 Å². The van der Waals surface area contributed by atoms with Crippen molar-refractivity contribution in [3.63, 3.8) is 0 Å². The number of rotatable bonds is 6. The number of hydrogen-bond donors (Lipinski definition) is 0. The Bertz CT molecular complexity index is 965. The molecule has 33 heavy (non-hydrogen) atoms. The number of methoxy groups -OCH3 is 2. The Kier molecular flexibility index (Phi) is 6.79. The molecule has 1 aromatic carbocycles. The molecule has 0 bridgehead atoms. The Labute approximate surface area is 194 Å². The topological polar surface area (TPSA) is 83.6 Å². The van der Waals surface area contributed by atoms with E-state index in [0.29, 0.717) is 11.5 Å². The standard InChI is InChI=1S/C26H32O7/c1-16-20-10-7-17(6-5-13-26(2)24(33-26)23(20)32-25(16)28)15-31-22(27)12-8-18-14-19(29-3)9-11-21(18)30-4/h6,8-9,11-12,14,16,20,23-24H,5,7,10,13,15H2,1-4H3/b12-8+,17-6+/t16-,20-,23-,24-,26+/m0/s1. The van der Waals surface area contributed by atoms with Gasteiger partial charge in [-0.15, -0.1) is 0 Å². The van der Waals surface area contributed by atoms with Crippen LogP contribution in [-0.2, 0) is 23.8 Å². The fourth-order valence-corrected chi connectivity index (χ4v) is 4.85. The first-order chi connectivity index (χ1) is 15.8. The molecule has 5 atom stereocenters. The normalized spacial score (nSPS) is 32.7. The lowest BCUT2D eigenvalue weighted by atomic mass is 9.81. The van der Waals surface area contributed by atoms with E-state index in [9.17, 15) is 9.59 Å². The smallest absolute Gasteiger partial charge is 0.331 e. The molecule has 2 aliphatic heterocycles. The molecule has 2 fully saturated rings. The molecule has 178 valence electrons. The Hall–Kier alpha value is -2.80. The molecule has 1 aliphatic carbocycles. The fourth-order valence-electron chi connectivity index (χ4n) is 4.85. The molecule has 0 N–H and O–H groups in total. The summed E-state index contributed by atoms with van der Waals surface area (Å²) in [4.78, 5) is 24.6. The van der Waals surface area contributed by atoms with E-state index < -0.39 is 5.97 Å².